The molecule has 2 N–H and O–H groups in total. The van der Waals surface area contributed by atoms with Gasteiger partial charge in [0.05, 0.1) is 0 Å². The summed E-state index contributed by atoms with van der Waals surface area (Å²) in [5, 5.41) is 6.41. The lowest BCUT2D eigenvalue weighted by Gasteiger charge is -2.37. The van der Waals surface area contributed by atoms with E-state index < -0.39 is 6.04 Å². The number of carbonyl (C=O) groups excluding carboxylic acids is 3. The molecule has 0 radical (unpaired) electrons. The molecule has 2 aliphatic heterocycles. The van der Waals surface area contributed by atoms with Gasteiger partial charge in [-0.25, -0.2) is 0 Å². The predicted molar refractivity (Wildman–Crippen MR) is 138 cm³/mol. The maximum Gasteiger partial charge on any atom is 0.255 e. The van der Waals surface area contributed by atoms with Crippen molar-refractivity contribution in [1.82, 2.24) is 15.5 Å². The summed E-state index contributed by atoms with van der Waals surface area (Å²) in [6, 6.07) is 6.97. The van der Waals surface area contributed by atoms with Crippen LogP contribution in [0.25, 0.3) is 0 Å². The second-order valence-corrected chi connectivity index (χ2v) is 10.9. The average molecular weight is 482 g/mol. The maximum absolute atomic E-state index is 13.0. The van der Waals surface area contributed by atoms with Gasteiger partial charge in [-0.15, -0.1) is 0 Å². The van der Waals surface area contributed by atoms with E-state index in [-0.39, 0.29) is 24.1 Å². The SMILES string of the molecule is CC.CC1CCC(N[C@H]2CCCC[C@@H]2Cc2ccc3c(c2)CN(C2CCC(=O)NC2=O)C3=O)CC1. The molecule has 2 saturated carbocycles. The molecule has 2 heterocycles. The zero-order valence-electron chi connectivity index (χ0n) is 21.8. The van der Waals surface area contributed by atoms with Gasteiger partial charge in [0.2, 0.25) is 11.8 Å². The summed E-state index contributed by atoms with van der Waals surface area (Å²) in [6.07, 6.45) is 12.2. The van der Waals surface area contributed by atoms with E-state index in [2.05, 4.69) is 29.7 Å². The molecule has 1 aromatic rings. The first kappa shape index (κ1) is 25.9. The van der Waals surface area contributed by atoms with Crippen molar-refractivity contribution in [3.8, 4) is 0 Å². The molecule has 1 aromatic carbocycles. The molecule has 3 atom stereocenters. The number of carbonyl (C=O) groups is 3. The topological polar surface area (TPSA) is 78.5 Å². The van der Waals surface area contributed by atoms with Crippen LogP contribution < -0.4 is 10.6 Å². The molecular formula is C29H43N3O3. The van der Waals surface area contributed by atoms with E-state index in [1.54, 1.807) is 4.90 Å². The Labute approximate surface area is 210 Å². The van der Waals surface area contributed by atoms with Gasteiger partial charge < -0.3 is 10.2 Å². The van der Waals surface area contributed by atoms with Crippen LogP contribution in [0.2, 0.25) is 0 Å². The van der Waals surface area contributed by atoms with Gasteiger partial charge in [-0.05, 0) is 80.4 Å². The molecule has 3 amide bonds. The molecule has 2 aliphatic carbocycles. The zero-order chi connectivity index (χ0) is 24.9. The summed E-state index contributed by atoms with van der Waals surface area (Å²) in [7, 11) is 0. The van der Waals surface area contributed by atoms with Gasteiger partial charge in [0.25, 0.3) is 5.91 Å². The first-order valence-electron chi connectivity index (χ1n) is 14.0. The summed E-state index contributed by atoms with van der Waals surface area (Å²) >= 11 is 0. The monoisotopic (exact) mass is 481 g/mol. The normalized spacial score (nSPS) is 30.9. The molecule has 1 unspecified atom stereocenters. The van der Waals surface area contributed by atoms with Gasteiger partial charge in [0, 0.05) is 30.6 Å². The van der Waals surface area contributed by atoms with Crippen molar-refractivity contribution in [1.29, 1.82) is 0 Å². The van der Waals surface area contributed by atoms with Crippen molar-refractivity contribution in [3.05, 3.63) is 34.9 Å². The van der Waals surface area contributed by atoms with Gasteiger partial charge in [0.1, 0.15) is 6.04 Å². The maximum atomic E-state index is 13.0. The van der Waals surface area contributed by atoms with Crippen molar-refractivity contribution >= 4 is 17.7 Å². The number of nitrogens with zero attached hydrogens (tertiary/aromatic N) is 1. The number of piperidine rings is 1. The highest BCUT2D eigenvalue weighted by Gasteiger charge is 2.39. The third-order valence-electron chi connectivity index (χ3n) is 8.46. The Kier molecular flexibility index (Phi) is 8.64. The fourth-order valence-corrected chi connectivity index (χ4v) is 6.46. The van der Waals surface area contributed by atoms with Crippen LogP contribution in [0.1, 0.15) is 106 Å². The highest BCUT2D eigenvalue weighted by atomic mass is 16.2. The Hall–Kier alpha value is -2.21. The van der Waals surface area contributed by atoms with Crippen LogP contribution in [-0.4, -0.2) is 40.7 Å². The lowest BCUT2D eigenvalue weighted by molar-refractivity contribution is -0.136. The van der Waals surface area contributed by atoms with Crippen LogP contribution in [0.5, 0.6) is 0 Å². The fraction of sp³-hybridized carbons (Fsp3) is 0.690. The Bertz CT molecular complexity index is 922. The highest BCUT2D eigenvalue weighted by Crippen LogP contribution is 2.33. The number of fused-ring (bicyclic) bond motifs is 1. The number of hydrogen-bond acceptors (Lipinski definition) is 4. The van der Waals surface area contributed by atoms with Gasteiger partial charge >= 0.3 is 0 Å². The molecule has 5 rings (SSSR count). The van der Waals surface area contributed by atoms with Crippen molar-refractivity contribution < 1.29 is 14.4 Å². The number of amides is 3. The van der Waals surface area contributed by atoms with Crippen molar-refractivity contribution in [2.24, 2.45) is 11.8 Å². The second-order valence-electron chi connectivity index (χ2n) is 10.9. The predicted octanol–water partition coefficient (Wildman–Crippen LogP) is 4.74. The summed E-state index contributed by atoms with van der Waals surface area (Å²) in [5.74, 6) is 0.829. The number of rotatable bonds is 5. The zero-order valence-corrected chi connectivity index (χ0v) is 21.8. The third kappa shape index (κ3) is 5.96. The van der Waals surface area contributed by atoms with Gasteiger partial charge in [-0.2, -0.15) is 0 Å². The number of benzene rings is 1. The highest BCUT2D eigenvalue weighted by molar-refractivity contribution is 6.05. The molecule has 6 heteroatoms. The van der Waals surface area contributed by atoms with Gasteiger partial charge in [-0.3, -0.25) is 19.7 Å². The van der Waals surface area contributed by atoms with Crippen LogP contribution in [0.3, 0.4) is 0 Å². The number of hydrogen-bond donors (Lipinski definition) is 2. The molecule has 4 aliphatic rings. The summed E-state index contributed by atoms with van der Waals surface area (Å²) < 4.78 is 0. The summed E-state index contributed by atoms with van der Waals surface area (Å²) in [5.41, 5.74) is 3.02. The first-order chi connectivity index (χ1) is 17.0. The fourth-order valence-electron chi connectivity index (χ4n) is 6.46. The van der Waals surface area contributed by atoms with E-state index >= 15 is 0 Å². The minimum absolute atomic E-state index is 0.0882. The first-order valence-corrected chi connectivity index (χ1v) is 14.0. The molecule has 1 saturated heterocycles. The van der Waals surface area contributed by atoms with E-state index in [0.29, 0.717) is 36.5 Å². The van der Waals surface area contributed by atoms with E-state index in [1.807, 2.05) is 19.9 Å². The summed E-state index contributed by atoms with van der Waals surface area (Å²) in [4.78, 5) is 38.4. The molecule has 35 heavy (non-hydrogen) atoms. The van der Waals surface area contributed by atoms with Crippen LogP contribution in [0, 0.1) is 11.8 Å². The van der Waals surface area contributed by atoms with Crippen LogP contribution in [-0.2, 0) is 22.6 Å². The lowest BCUT2D eigenvalue weighted by Crippen LogP contribution is -2.52. The largest absolute Gasteiger partial charge is 0.322 e. The van der Waals surface area contributed by atoms with Crippen molar-refractivity contribution in [2.75, 3.05) is 0 Å². The second kappa shape index (κ2) is 11.7. The Balaban J connectivity index is 0.00000141. The van der Waals surface area contributed by atoms with E-state index in [1.165, 1.54) is 56.9 Å². The number of nitrogens with one attached hydrogen (secondary N) is 2. The van der Waals surface area contributed by atoms with E-state index in [4.69, 9.17) is 0 Å². The average Bonchev–Trinajstić information content (AvgIpc) is 3.18. The van der Waals surface area contributed by atoms with Crippen molar-refractivity contribution in [3.63, 3.8) is 0 Å². The molecule has 6 nitrogen and oxygen atoms in total. The molecular weight excluding hydrogens is 438 g/mol. The quantitative estimate of drug-likeness (QED) is 0.595. The van der Waals surface area contributed by atoms with Crippen LogP contribution >= 0.6 is 0 Å². The standard InChI is InChI=1S/C27H37N3O3.C2H6/c1-17-6-9-21(10-7-17)28-23-5-3-2-4-19(23)14-18-8-11-22-20(15-18)16-30(27(22)33)24-12-13-25(31)29-26(24)32;1-2/h8,11,15,17,19,21,23-24,28H,2-7,9-10,12-14,16H2,1H3,(H,29,31,32);1-2H3/t17?,19-,21?,23+,24?;/m1./s1. The van der Waals surface area contributed by atoms with Crippen LogP contribution in [0.4, 0.5) is 0 Å². The summed E-state index contributed by atoms with van der Waals surface area (Å²) in [6.45, 7) is 6.83. The molecule has 0 bridgehead atoms. The molecule has 3 fully saturated rings. The van der Waals surface area contributed by atoms with Gasteiger partial charge in [-0.1, -0.05) is 45.7 Å². The minimum Gasteiger partial charge on any atom is -0.322 e. The Morgan fingerprint density at radius 1 is 0.971 bits per heavy atom. The third-order valence-corrected chi connectivity index (χ3v) is 8.46. The van der Waals surface area contributed by atoms with Gasteiger partial charge in [0.15, 0.2) is 0 Å². The van der Waals surface area contributed by atoms with E-state index in [0.717, 1.165) is 17.9 Å². The molecule has 0 spiro atoms. The Morgan fingerprint density at radius 2 is 1.71 bits per heavy atom. The van der Waals surface area contributed by atoms with E-state index in [9.17, 15) is 14.4 Å². The smallest absolute Gasteiger partial charge is 0.255 e. The minimum atomic E-state index is -0.545. The number of imide groups is 1. The lowest BCUT2D eigenvalue weighted by atomic mass is 9.79. The molecule has 192 valence electrons. The van der Waals surface area contributed by atoms with Crippen molar-refractivity contribution in [2.45, 2.75) is 116 Å². The Morgan fingerprint density at radius 3 is 2.46 bits per heavy atom. The molecule has 0 aromatic heterocycles. The van der Waals surface area contributed by atoms with Crippen LogP contribution in [0.15, 0.2) is 18.2 Å².